The first-order chi connectivity index (χ1) is 16.1. The number of hydrogen-bond acceptors (Lipinski definition) is 3. The Kier molecular flexibility index (Phi) is 7.40. The lowest BCUT2D eigenvalue weighted by Crippen LogP contribution is -2.28. The molecule has 1 amide bonds. The highest BCUT2D eigenvalue weighted by atomic mass is 16.5. The zero-order valence-corrected chi connectivity index (χ0v) is 19.4. The molecule has 33 heavy (non-hydrogen) atoms. The Morgan fingerprint density at radius 2 is 1.82 bits per heavy atom. The molecule has 0 saturated carbocycles. The molecule has 1 N–H and O–H groups in total. The van der Waals surface area contributed by atoms with Crippen LogP contribution in [0.4, 0.5) is 0 Å². The van der Waals surface area contributed by atoms with Crippen LogP contribution in [-0.4, -0.2) is 28.6 Å². The van der Waals surface area contributed by atoms with Crippen molar-refractivity contribution in [3.05, 3.63) is 95.3 Å². The van der Waals surface area contributed by atoms with Crippen molar-refractivity contribution in [3.63, 3.8) is 0 Å². The van der Waals surface area contributed by atoms with E-state index in [0.717, 1.165) is 46.7 Å². The number of nitrogens with zero attached hydrogens (tertiary/aromatic N) is 2. The van der Waals surface area contributed by atoms with E-state index in [1.807, 2.05) is 61.5 Å². The van der Waals surface area contributed by atoms with Gasteiger partial charge in [0.25, 0.3) is 0 Å². The summed E-state index contributed by atoms with van der Waals surface area (Å²) in [6.45, 7) is 6.12. The van der Waals surface area contributed by atoms with Crippen molar-refractivity contribution >= 4 is 16.9 Å². The summed E-state index contributed by atoms with van der Waals surface area (Å²) in [7, 11) is 0. The molecule has 0 bridgehead atoms. The largest absolute Gasteiger partial charge is 0.494 e. The van der Waals surface area contributed by atoms with Crippen LogP contribution in [0.15, 0.2) is 72.8 Å². The number of rotatable bonds is 10. The van der Waals surface area contributed by atoms with E-state index in [4.69, 9.17) is 9.72 Å². The Morgan fingerprint density at radius 1 is 1.00 bits per heavy atom. The summed E-state index contributed by atoms with van der Waals surface area (Å²) in [4.78, 5) is 17.3. The third-order valence-electron chi connectivity index (χ3n) is 5.80. The van der Waals surface area contributed by atoms with Crippen LogP contribution in [0.1, 0.15) is 28.9 Å². The highest BCUT2D eigenvalue weighted by Gasteiger charge is 2.11. The first-order valence-corrected chi connectivity index (χ1v) is 11.5. The molecule has 170 valence electrons. The van der Waals surface area contributed by atoms with Gasteiger partial charge in [-0.15, -0.1) is 0 Å². The van der Waals surface area contributed by atoms with Crippen LogP contribution >= 0.6 is 0 Å². The van der Waals surface area contributed by atoms with Crippen LogP contribution in [0.3, 0.4) is 0 Å². The Morgan fingerprint density at radius 3 is 2.67 bits per heavy atom. The quantitative estimate of drug-likeness (QED) is 0.352. The third kappa shape index (κ3) is 6.01. The highest BCUT2D eigenvalue weighted by molar-refractivity contribution is 5.79. The van der Waals surface area contributed by atoms with Crippen molar-refractivity contribution in [1.29, 1.82) is 0 Å². The minimum Gasteiger partial charge on any atom is -0.494 e. The molecule has 0 aliphatic rings. The van der Waals surface area contributed by atoms with E-state index >= 15 is 0 Å². The first-order valence-electron chi connectivity index (χ1n) is 11.5. The number of aryl methyl sites for hydroxylation is 3. The van der Waals surface area contributed by atoms with Gasteiger partial charge in [0, 0.05) is 19.5 Å². The smallest absolute Gasteiger partial charge is 0.224 e. The van der Waals surface area contributed by atoms with Crippen LogP contribution in [0.5, 0.6) is 5.75 Å². The fraction of sp³-hybridized carbons (Fsp3) is 0.286. The van der Waals surface area contributed by atoms with E-state index in [1.54, 1.807) is 0 Å². The van der Waals surface area contributed by atoms with E-state index in [2.05, 4.69) is 35.0 Å². The monoisotopic (exact) mass is 441 g/mol. The maximum Gasteiger partial charge on any atom is 0.224 e. The lowest BCUT2D eigenvalue weighted by molar-refractivity contribution is -0.120. The van der Waals surface area contributed by atoms with E-state index in [-0.39, 0.29) is 5.91 Å². The minimum atomic E-state index is 0.0403. The number of aromatic nitrogens is 2. The van der Waals surface area contributed by atoms with E-state index in [9.17, 15) is 4.79 Å². The summed E-state index contributed by atoms with van der Waals surface area (Å²) in [6.07, 6.45) is 1.97. The number of hydrogen-bond donors (Lipinski definition) is 1. The average Bonchev–Trinajstić information content (AvgIpc) is 3.16. The number of nitrogens with one attached hydrogen (secondary N) is 1. The van der Waals surface area contributed by atoms with E-state index in [0.29, 0.717) is 26.0 Å². The highest BCUT2D eigenvalue weighted by Crippen LogP contribution is 2.18. The van der Waals surface area contributed by atoms with Crippen LogP contribution in [0.25, 0.3) is 11.0 Å². The average molecular weight is 442 g/mol. The Labute approximate surface area is 195 Å². The van der Waals surface area contributed by atoms with Gasteiger partial charge < -0.3 is 14.6 Å². The molecule has 3 aromatic carbocycles. The first kappa shape index (κ1) is 22.6. The van der Waals surface area contributed by atoms with Crippen LogP contribution < -0.4 is 10.1 Å². The zero-order chi connectivity index (χ0) is 23.0. The molecular formula is C28H31N3O2. The number of amides is 1. The van der Waals surface area contributed by atoms with Crippen LogP contribution in [0, 0.1) is 13.8 Å². The summed E-state index contributed by atoms with van der Waals surface area (Å²) >= 11 is 0. The Bertz CT molecular complexity index is 1230. The lowest BCUT2D eigenvalue weighted by atomic mass is 10.1. The molecule has 0 radical (unpaired) electrons. The SMILES string of the molecule is Cc1cccc(OCCCn2c(CCNC(=O)Cc3ccccc3C)nc3ccccc32)c1. The van der Waals surface area contributed by atoms with E-state index < -0.39 is 0 Å². The van der Waals surface area contributed by atoms with Gasteiger partial charge in [0.05, 0.1) is 24.1 Å². The second kappa shape index (κ2) is 10.8. The molecule has 0 aliphatic carbocycles. The number of carbonyl (C=O) groups is 1. The number of imidazole rings is 1. The van der Waals surface area contributed by atoms with Crippen LogP contribution in [0.2, 0.25) is 0 Å². The maximum absolute atomic E-state index is 12.4. The van der Waals surface area contributed by atoms with E-state index in [1.165, 1.54) is 5.56 Å². The summed E-state index contributed by atoms with van der Waals surface area (Å²) < 4.78 is 8.18. The third-order valence-corrected chi connectivity index (χ3v) is 5.80. The van der Waals surface area contributed by atoms with Gasteiger partial charge in [-0.3, -0.25) is 4.79 Å². The fourth-order valence-corrected chi connectivity index (χ4v) is 4.04. The number of benzene rings is 3. The minimum absolute atomic E-state index is 0.0403. The van der Waals surface area contributed by atoms with Gasteiger partial charge in [-0.2, -0.15) is 0 Å². The maximum atomic E-state index is 12.4. The second-order valence-electron chi connectivity index (χ2n) is 8.39. The van der Waals surface area contributed by atoms with Crippen molar-refractivity contribution < 1.29 is 9.53 Å². The van der Waals surface area contributed by atoms with Gasteiger partial charge in [0.2, 0.25) is 5.91 Å². The topological polar surface area (TPSA) is 56.1 Å². The number of ether oxygens (including phenoxy) is 1. The normalized spacial score (nSPS) is 11.0. The lowest BCUT2D eigenvalue weighted by Gasteiger charge is -2.11. The van der Waals surface area contributed by atoms with Gasteiger partial charge in [0.1, 0.15) is 11.6 Å². The predicted molar refractivity (Wildman–Crippen MR) is 133 cm³/mol. The summed E-state index contributed by atoms with van der Waals surface area (Å²) in [5, 5.41) is 3.06. The van der Waals surface area contributed by atoms with Gasteiger partial charge in [-0.1, -0.05) is 48.5 Å². The molecule has 1 aromatic heterocycles. The van der Waals surface area contributed by atoms with Crippen LogP contribution in [-0.2, 0) is 24.2 Å². The molecular weight excluding hydrogens is 410 g/mol. The summed E-state index contributed by atoms with van der Waals surface area (Å²) in [5.41, 5.74) is 5.51. The predicted octanol–water partition coefficient (Wildman–Crippen LogP) is 5.02. The molecule has 0 spiro atoms. The number of fused-ring (bicyclic) bond motifs is 1. The molecule has 4 rings (SSSR count). The molecule has 5 heteroatoms. The Balaban J connectivity index is 1.34. The van der Waals surface area contributed by atoms with Gasteiger partial charge >= 0.3 is 0 Å². The number of para-hydroxylation sites is 2. The molecule has 0 saturated heterocycles. The fourth-order valence-electron chi connectivity index (χ4n) is 4.04. The second-order valence-corrected chi connectivity index (χ2v) is 8.39. The van der Waals surface area contributed by atoms with Gasteiger partial charge in [-0.05, 0) is 61.2 Å². The molecule has 0 aliphatic heterocycles. The van der Waals surface area contributed by atoms with Crippen molar-refractivity contribution in [1.82, 2.24) is 14.9 Å². The molecule has 0 fully saturated rings. The summed E-state index contributed by atoms with van der Waals surface area (Å²) in [6, 6.07) is 24.3. The molecule has 4 aromatic rings. The zero-order valence-electron chi connectivity index (χ0n) is 19.4. The van der Waals surface area contributed by atoms with Crippen molar-refractivity contribution in [3.8, 4) is 5.75 Å². The van der Waals surface area contributed by atoms with Gasteiger partial charge in [0.15, 0.2) is 0 Å². The van der Waals surface area contributed by atoms with Crippen molar-refractivity contribution in [2.24, 2.45) is 0 Å². The molecule has 5 nitrogen and oxygen atoms in total. The number of carbonyl (C=O) groups excluding carboxylic acids is 1. The molecule has 0 atom stereocenters. The van der Waals surface area contributed by atoms with Gasteiger partial charge in [-0.25, -0.2) is 4.98 Å². The molecule has 0 unspecified atom stereocenters. The van der Waals surface area contributed by atoms with Crippen molar-refractivity contribution in [2.45, 2.75) is 39.7 Å². The van der Waals surface area contributed by atoms with Crippen molar-refractivity contribution in [2.75, 3.05) is 13.2 Å². The summed E-state index contributed by atoms with van der Waals surface area (Å²) in [5.74, 6) is 1.93. The molecule has 1 heterocycles. The Hall–Kier alpha value is -3.60. The standard InChI is InChI=1S/C28H31N3O2/c1-21-9-7-12-24(19-21)33-18-8-17-31-26-14-6-5-13-25(26)30-27(31)15-16-29-28(32)20-23-11-4-3-10-22(23)2/h3-7,9-14,19H,8,15-18,20H2,1-2H3,(H,29,32).